The molecule has 0 aromatic heterocycles. The second-order valence-electron chi connectivity index (χ2n) is 5.63. The lowest BCUT2D eigenvalue weighted by atomic mass is 10.0. The van der Waals surface area contributed by atoms with Gasteiger partial charge in [-0.15, -0.1) is 0 Å². The lowest BCUT2D eigenvalue weighted by Crippen LogP contribution is -2.29. The van der Waals surface area contributed by atoms with Crippen LogP contribution in [0.4, 0.5) is 4.39 Å². The summed E-state index contributed by atoms with van der Waals surface area (Å²) in [5, 5.41) is 4.11. The van der Waals surface area contributed by atoms with Gasteiger partial charge in [0.1, 0.15) is 5.82 Å². The average Bonchev–Trinajstić information content (AvgIpc) is 3.15. The number of carbonyl (C=O) groups is 1. The highest BCUT2D eigenvalue weighted by atomic mass is 19.1. The van der Waals surface area contributed by atoms with E-state index in [1.807, 2.05) is 6.07 Å². The molecule has 0 unspecified atom stereocenters. The van der Waals surface area contributed by atoms with E-state index in [1.165, 1.54) is 6.07 Å². The number of amides is 1. The molecular weight excluding hydrogens is 241 g/mol. The fourth-order valence-electron chi connectivity index (χ4n) is 2.24. The Balaban J connectivity index is 1.91. The standard InChI is InChI=1S/C16H16FNO/c1-16(8-9-16)10-18-15(19)13-6-7-14(17)12-5-3-2-4-11(12)13/h2-7H,8-10H2,1H3,(H,18,19). The number of benzene rings is 2. The summed E-state index contributed by atoms with van der Waals surface area (Å²) in [6, 6.07) is 9.99. The minimum Gasteiger partial charge on any atom is -0.351 e. The van der Waals surface area contributed by atoms with Crippen LogP contribution in [0.5, 0.6) is 0 Å². The minimum absolute atomic E-state index is 0.121. The van der Waals surface area contributed by atoms with Gasteiger partial charge in [0.05, 0.1) is 0 Å². The van der Waals surface area contributed by atoms with E-state index in [-0.39, 0.29) is 17.1 Å². The average molecular weight is 257 g/mol. The van der Waals surface area contributed by atoms with Crippen molar-refractivity contribution in [1.82, 2.24) is 5.32 Å². The van der Waals surface area contributed by atoms with Crippen LogP contribution >= 0.6 is 0 Å². The van der Waals surface area contributed by atoms with E-state index in [0.717, 1.165) is 12.8 Å². The van der Waals surface area contributed by atoms with Crippen LogP contribution in [0.3, 0.4) is 0 Å². The number of rotatable bonds is 3. The molecule has 0 radical (unpaired) electrons. The van der Waals surface area contributed by atoms with E-state index in [9.17, 15) is 9.18 Å². The summed E-state index contributed by atoms with van der Waals surface area (Å²) in [5.41, 5.74) is 0.812. The van der Waals surface area contributed by atoms with Crippen LogP contribution in [-0.2, 0) is 0 Å². The van der Waals surface area contributed by atoms with Gasteiger partial charge < -0.3 is 5.32 Å². The topological polar surface area (TPSA) is 29.1 Å². The Morgan fingerprint density at radius 1 is 1.21 bits per heavy atom. The van der Waals surface area contributed by atoms with Crippen molar-refractivity contribution >= 4 is 16.7 Å². The Morgan fingerprint density at radius 2 is 1.89 bits per heavy atom. The van der Waals surface area contributed by atoms with Crippen molar-refractivity contribution in [3.05, 3.63) is 47.8 Å². The predicted molar refractivity (Wildman–Crippen MR) is 73.6 cm³/mol. The number of halogens is 1. The molecule has 3 heteroatoms. The molecule has 2 aromatic carbocycles. The van der Waals surface area contributed by atoms with Gasteiger partial charge in [-0.25, -0.2) is 4.39 Å². The van der Waals surface area contributed by atoms with Crippen molar-refractivity contribution in [2.24, 2.45) is 5.41 Å². The maximum atomic E-state index is 13.7. The number of hydrogen-bond acceptors (Lipinski definition) is 1. The van der Waals surface area contributed by atoms with E-state index in [1.54, 1.807) is 24.3 Å². The van der Waals surface area contributed by atoms with Crippen LogP contribution in [-0.4, -0.2) is 12.5 Å². The second kappa shape index (κ2) is 4.34. The van der Waals surface area contributed by atoms with E-state index >= 15 is 0 Å². The molecule has 1 N–H and O–H groups in total. The molecule has 1 aliphatic rings. The molecule has 98 valence electrons. The highest BCUT2D eigenvalue weighted by Gasteiger charge is 2.37. The third-order valence-electron chi connectivity index (χ3n) is 3.89. The third kappa shape index (κ3) is 2.33. The first-order chi connectivity index (χ1) is 9.09. The lowest BCUT2D eigenvalue weighted by Gasteiger charge is -2.12. The molecule has 2 aromatic rings. The minimum atomic E-state index is -0.290. The van der Waals surface area contributed by atoms with Gasteiger partial charge in [0.25, 0.3) is 5.91 Å². The molecule has 0 saturated heterocycles. The van der Waals surface area contributed by atoms with Gasteiger partial charge in [0, 0.05) is 17.5 Å². The summed E-state index contributed by atoms with van der Waals surface area (Å²) in [7, 11) is 0. The zero-order valence-corrected chi connectivity index (χ0v) is 10.9. The summed E-state index contributed by atoms with van der Waals surface area (Å²) < 4.78 is 13.7. The van der Waals surface area contributed by atoms with E-state index < -0.39 is 0 Å². The lowest BCUT2D eigenvalue weighted by molar-refractivity contribution is 0.0948. The highest BCUT2D eigenvalue weighted by molar-refractivity contribution is 6.07. The van der Waals surface area contributed by atoms with Gasteiger partial charge in [-0.2, -0.15) is 0 Å². The number of nitrogens with one attached hydrogen (secondary N) is 1. The predicted octanol–water partition coefficient (Wildman–Crippen LogP) is 3.51. The molecule has 1 amide bonds. The fourth-order valence-corrected chi connectivity index (χ4v) is 2.24. The molecule has 2 nitrogen and oxygen atoms in total. The zero-order valence-electron chi connectivity index (χ0n) is 10.9. The molecular formula is C16H16FNO. The summed E-state index contributed by atoms with van der Waals surface area (Å²) in [4.78, 5) is 12.2. The maximum Gasteiger partial charge on any atom is 0.251 e. The third-order valence-corrected chi connectivity index (χ3v) is 3.89. The number of fused-ring (bicyclic) bond motifs is 1. The van der Waals surface area contributed by atoms with E-state index in [0.29, 0.717) is 22.9 Å². The molecule has 1 fully saturated rings. The van der Waals surface area contributed by atoms with E-state index in [4.69, 9.17) is 0 Å². The van der Waals surface area contributed by atoms with Gasteiger partial charge in [-0.05, 0) is 35.8 Å². The van der Waals surface area contributed by atoms with Gasteiger partial charge in [0.2, 0.25) is 0 Å². The van der Waals surface area contributed by atoms with Crippen LogP contribution < -0.4 is 5.32 Å². The van der Waals surface area contributed by atoms with Crippen molar-refractivity contribution in [3.63, 3.8) is 0 Å². The first-order valence-electron chi connectivity index (χ1n) is 6.55. The van der Waals surface area contributed by atoms with Gasteiger partial charge in [-0.1, -0.05) is 31.2 Å². The van der Waals surface area contributed by atoms with Crippen LogP contribution in [0, 0.1) is 11.2 Å². The van der Waals surface area contributed by atoms with Crippen LogP contribution in [0.1, 0.15) is 30.1 Å². The quantitative estimate of drug-likeness (QED) is 0.895. The van der Waals surface area contributed by atoms with Crippen molar-refractivity contribution < 1.29 is 9.18 Å². The van der Waals surface area contributed by atoms with Gasteiger partial charge in [0.15, 0.2) is 0 Å². The molecule has 1 saturated carbocycles. The molecule has 3 rings (SSSR count). The first kappa shape index (κ1) is 12.2. The molecule has 1 aliphatic carbocycles. The van der Waals surface area contributed by atoms with Gasteiger partial charge >= 0.3 is 0 Å². The Kier molecular flexibility index (Phi) is 2.77. The monoisotopic (exact) mass is 257 g/mol. The molecule has 0 spiro atoms. The van der Waals surface area contributed by atoms with E-state index in [2.05, 4.69) is 12.2 Å². The van der Waals surface area contributed by atoms with Crippen LogP contribution in [0.15, 0.2) is 36.4 Å². The van der Waals surface area contributed by atoms with Crippen molar-refractivity contribution in [2.75, 3.05) is 6.54 Å². The van der Waals surface area contributed by atoms with Crippen LogP contribution in [0.25, 0.3) is 10.8 Å². The largest absolute Gasteiger partial charge is 0.351 e. The number of hydrogen-bond donors (Lipinski definition) is 1. The molecule has 0 aliphatic heterocycles. The summed E-state index contributed by atoms with van der Waals surface area (Å²) in [6.45, 7) is 2.85. The highest BCUT2D eigenvalue weighted by Crippen LogP contribution is 2.44. The molecule has 19 heavy (non-hydrogen) atoms. The van der Waals surface area contributed by atoms with Crippen molar-refractivity contribution in [1.29, 1.82) is 0 Å². The van der Waals surface area contributed by atoms with Crippen LogP contribution in [0.2, 0.25) is 0 Å². The Bertz CT molecular complexity index is 646. The van der Waals surface area contributed by atoms with Crippen molar-refractivity contribution in [3.8, 4) is 0 Å². The zero-order chi connectivity index (χ0) is 13.5. The second-order valence-corrected chi connectivity index (χ2v) is 5.63. The maximum absolute atomic E-state index is 13.7. The SMILES string of the molecule is CC1(CNC(=O)c2ccc(F)c3ccccc23)CC1. The van der Waals surface area contributed by atoms with Crippen molar-refractivity contribution in [2.45, 2.75) is 19.8 Å². The summed E-state index contributed by atoms with van der Waals surface area (Å²) in [5.74, 6) is -0.411. The molecule has 0 heterocycles. The Morgan fingerprint density at radius 3 is 2.58 bits per heavy atom. The normalized spacial score (nSPS) is 16.3. The first-order valence-corrected chi connectivity index (χ1v) is 6.55. The molecule has 0 atom stereocenters. The smallest absolute Gasteiger partial charge is 0.251 e. The molecule has 0 bridgehead atoms. The Labute approximate surface area is 111 Å². The Hall–Kier alpha value is -1.90. The number of carbonyl (C=O) groups excluding carboxylic acids is 1. The summed E-state index contributed by atoms with van der Waals surface area (Å²) in [6.07, 6.45) is 2.33. The fraction of sp³-hybridized carbons (Fsp3) is 0.312. The summed E-state index contributed by atoms with van der Waals surface area (Å²) >= 11 is 0. The van der Waals surface area contributed by atoms with Gasteiger partial charge in [-0.3, -0.25) is 4.79 Å².